The van der Waals surface area contributed by atoms with Gasteiger partial charge in [-0.3, -0.25) is 4.79 Å². The van der Waals surface area contributed by atoms with Gasteiger partial charge < -0.3 is 0 Å². The summed E-state index contributed by atoms with van der Waals surface area (Å²) in [5, 5.41) is 0. The molecule has 0 heterocycles. The van der Waals surface area contributed by atoms with E-state index in [0.29, 0.717) is 0 Å². The Balaban J connectivity index is 1.32. The third-order valence-electron chi connectivity index (χ3n) is 8.75. The maximum absolute atomic E-state index is 14.3. The van der Waals surface area contributed by atoms with Crippen molar-refractivity contribution >= 4 is 5.78 Å². The van der Waals surface area contributed by atoms with Crippen LogP contribution in [-0.2, 0) is 5.41 Å². The van der Waals surface area contributed by atoms with Crippen molar-refractivity contribution in [2.24, 2.45) is 0 Å². The maximum atomic E-state index is 14.3. The molecule has 6 aromatic carbocycles. The molecule has 0 radical (unpaired) electrons. The predicted molar refractivity (Wildman–Crippen MR) is 175 cm³/mol. The number of hydrogen-bond donors (Lipinski definition) is 0. The van der Waals surface area contributed by atoms with E-state index in [-0.39, 0.29) is 11.2 Å². The first kappa shape index (κ1) is 25.9. The number of benzene rings is 6. The van der Waals surface area contributed by atoms with Gasteiger partial charge in [-0.25, -0.2) is 0 Å². The number of carbonyl (C=O) groups excluding carboxylic acids is 1. The van der Waals surface area contributed by atoms with E-state index in [2.05, 4.69) is 148 Å². The lowest BCUT2D eigenvalue weighted by molar-refractivity contribution is 0.103. The van der Waals surface area contributed by atoms with Crippen molar-refractivity contribution in [1.82, 2.24) is 0 Å². The molecule has 0 amide bonds. The summed E-state index contributed by atoms with van der Waals surface area (Å²) in [4.78, 5) is 14.3. The maximum Gasteiger partial charge on any atom is 0.193 e. The second kappa shape index (κ2) is 10.1. The van der Waals surface area contributed by atoms with Crippen LogP contribution in [0.5, 0.6) is 0 Å². The van der Waals surface area contributed by atoms with Crippen LogP contribution in [0.25, 0.3) is 44.5 Å². The highest BCUT2D eigenvalue weighted by Gasteiger charge is 2.38. The molecule has 0 N–H and O–H groups in total. The van der Waals surface area contributed by atoms with Crippen LogP contribution in [0.1, 0.15) is 46.5 Å². The standard InChI is InChI=1S/C41H32O/c1-27-22-35(33-19-11-17-31(24-33)29-14-8-5-9-15-29)26-37-39(27)41(2,3)38-21-20-34(25-36(38)40(37)42)32-18-10-16-30(23-32)28-12-6-4-7-13-28/h4-26H,1-3H3. The summed E-state index contributed by atoms with van der Waals surface area (Å²) < 4.78 is 0. The number of hydrogen-bond acceptors (Lipinski definition) is 1. The Hall–Kier alpha value is -5.01. The lowest BCUT2D eigenvalue weighted by Gasteiger charge is -2.36. The topological polar surface area (TPSA) is 17.1 Å². The van der Waals surface area contributed by atoms with Gasteiger partial charge >= 0.3 is 0 Å². The summed E-state index contributed by atoms with van der Waals surface area (Å²) in [5.41, 5.74) is 13.7. The van der Waals surface area contributed by atoms with Gasteiger partial charge in [-0.05, 0) is 92.4 Å². The van der Waals surface area contributed by atoms with Crippen LogP contribution in [-0.4, -0.2) is 5.78 Å². The van der Waals surface area contributed by atoms with Crippen molar-refractivity contribution in [3.63, 3.8) is 0 Å². The second-order valence-electron chi connectivity index (χ2n) is 11.8. The average molecular weight is 541 g/mol. The number of fused-ring (bicyclic) bond motifs is 2. The molecule has 0 fully saturated rings. The molecule has 7 rings (SSSR count). The predicted octanol–water partition coefficient (Wildman–Crippen LogP) is 10.5. The van der Waals surface area contributed by atoms with Gasteiger partial charge in [-0.1, -0.05) is 129 Å². The van der Waals surface area contributed by atoms with Crippen LogP contribution in [0.3, 0.4) is 0 Å². The van der Waals surface area contributed by atoms with E-state index >= 15 is 0 Å². The van der Waals surface area contributed by atoms with Gasteiger partial charge in [-0.15, -0.1) is 0 Å². The SMILES string of the molecule is Cc1cc(-c2cccc(-c3ccccc3)c2)cc2c1C(C)(C)c1ccc(-c3cccc(-c4ccccc4)c3)cc1C2=O. The molecule has 0 unspecified atom stereocenters. The van der Waals surface area contributed by atoms with Crippen molar-refractivity contribution in [1.29, 1.82) is 0 Å². The van der Waals surface area contributed by atoms with Gasteiger partial charge in [0.25, 0.3) is 0 Å². The highest BCUT2D eigenvalue weighted by molar-refractivity contribution is 6.14. The van der Waals surface area contributed by atoms with Crippen LogP contribution in [0, 0.1) is 6.92 Å². The normalized spacial score (nSPS) is 13.4. The molecule has 1 aliphatic carbocycles. The summed E-state index contributed by atoms with van der Waals surface area (Å²) in [6.45, 7) is 6.64. The number of carbonyl (C=O) groups is 1. The Bertz CT molecular complexity index is 1960. The Morgan fingerprint density at radius 3 is 1.45 bits per heavy atom. The minimum absolute atomic E-state index is 0.101. The Labute approximate surface area is 248 Å². The van der Waals surface area contributed by atoms with E-state index in [9.17, 15) is 4.79 Å². The minimum atomic E-state index is -0.294. The van der Waals surface area contributed by atoms with Crippen LogP contribution in [0.4, 0.5) is 0 Å². The molecule has 202 valence electrons. The van der Waals surface area contributed by atoms with E-state index < -0.39 is 0 Å². The third-order valence-corrected chi connectivity index (χ3v) is 8.75. The highest BCUT2D eigenvalue weighted by atomic mass is 16.1. The molecule has 0 aromatic heterocycles. The fourth-order valence-corrected chi connectivity index (χ4v) is 6.72. The fraction of sp³-hybridized carbons (Fsp3) is 0.0976. The molecule has 0 saturated heterocycles. The zero-order chi connectivity index (χ0) is 28.8. The van der Waals surface area contributed by atoms with Crippen LogP contribution in [0.15, 0.2) is 140 Å². The summed E-state index contributed by atoms with van der Waals surface area (Å²) in [6.07, 6.45) is 0. The van der Waals surface area contributed by atoms with Crippen LogP contribution >= 0.6 is 0 Å². The van der Waals surface area contributed by atoms with Crippen molar-refractivity contribution < 1.29 is 4.79 Å². The zero-order valence-electron chi connectivity index (χ0n) is 24.2. The van der Waals surface area contributed by atoms with Gasteiger partial charge in [0, 0.05) is 16.5 Å². The minimum Gasteiger partial charge on any atom is -0.289 e. The molecule has 0 bridgehead atoms. The monoisotopic (exact) mass is 540 g/mol. The van der Waals surface area contributed by atoms with E-state index in [1.807, 2.05) is 12.1 Å². The molecule has 1 nitrogen and oxygen atoms in total. The second-order valence-corrected chi connectivity index (χ2v) is 11.8. The first-order chi connectivity index (χ1) is 20.4. The third kappa shape index (κ3) is 4.39. The molecule has 42 heavy (non-hydrogen) atoms. The summed E-state index contributed by atoms with van der Waals surface area (Å²) in [7, 11) is 0. The van der Waals surface area contributed by atoms with Gasteiger partial charge in [-0.2, -0.15) is 0 Å². The van der Waals surface area contributed by atoms with E-state index in [4.69, 9.17) is 0 Å². The summed E-state index contributed by atoms with van der Waals surface area (Å²) in [6, 6.07) is 48.8. The highest BCUT2D eigenvalue weighted by Crippen LogP contribution is 2.45. The Kier molecular flexibility index (Phi) is 6.25. The quantitative estimate of drug-likeness (QED) is 0.217. The molecule has 1 heteroatoms. The van der Waals surface area contributed by atoms with Crippen molar-refractivity contribution in [3.05, 3.63) is 167 Å². The van der Waals surface area contributed by atoms with Gasteiger partial charge in [0.2, 0.25) is 0 Å². The van der Waals surface area contributed by atoms with E-state index in [0.717, 1.165) is 50.1 Å². The molecule has 0 aliphatic heterocycles. The number of rotatable bonds is 4. The number of aryl methyl sites for hydroxylation is 1. The van der Waals surface area contributed by atoms with Gasteiger partial charge in [0.1, 0.15) is 0 Å². The first-order valence-electron chi connectivity index (χ1n) is 14.6. The lowest BCUT2D eigenvalue weighted by Crippen LogP contribution is -2.31. The summed E-state index contributed by atoms with van der Waals surface area (Å²) in [5.74, 6) is 0.101. The van der Waals surface area contributed by atoms with Crippen molar-refractivity contribution in [2.75, 3.05) is 0 Å². The van der Waals surface area contributed by atoms with Gasteiger partial charge in [0.15, 0.2) is 5.78 Å². The van der Waals surface area contributed by atoms with E-state index in [1.54, 1.807) is 0 Å². The van der Waals surface area contributed by atoms with Crippen molar-refractivity contribution in [2.45, 2.75) is 26.2 Å². The summed E-state index contributed by atoms with van der Waals surface area (Å²) >= 11 is 0. The first-order valence-corrected chi connectivity index (χ1v) is 14.6. The van der Waals surface area contributed by atoms with Crippen molar-refractivity contribution in [3.8, 4) is 44.5 Å². The molecule has 1 aliphatic rings. The molecular formula is C41H32O. The molecule has 0 spiro atoms. The van der Waals surface area contributed by atoms with Crippen LogP contribution in [0.2, 0.25) is 0 Å². The smallest absolute Gasteiger partial charge is 0.193 e. The zero-order valence-corrected chi connectivity index (χ0v) is 24.2. The van der Waals surface area contributed by atoms with Crippen LogP contribution < -0.4 is 0 Å². The number of ketones is 1. The fourth-order valence-electron chi connectivity index (χ4n) is 6.72. The molecular weight excluding hydrogens is 508 g/mol. The largest absolute Gasteiger partial charge is 0.289 e. The molecule has 0 saturated carbocycles. The Morgan fingerprint density at radius 2 is 0.881 bits per heavy atom. The molecule has 6 aromatic rings. The van der Waals surface area contributed by atoms with Gasteiger partial charge in [0.05, 0.1) is 0 Å². The average Bonchev–Trinajstić information content (AvgIpc) is 3.04. The van der Waals surface area contributed by atoms with E-state index in [1.165, 1.54) is 22.3 Å². The Morgan fingerprint density at radius 1 is 0.429 bits per heavy atom. The molecule has 0 atom stereocenters. The lowest BCUT2D eigenvalue weighted by atomic mass is 9.66.